The molecule has 6 unspecified atom stereocenters. The summed E-state index contributed by atoms with van der Waals surface area (Å²) in [5, 5.41) is 64.1. The van der Waals surface area contributed by atoms with Crippen LogP contribution >= 0.6 is 0 Å². The van der Waals surface area contributed by atoms with E-state index in [1.165, 1.54) is 0 Å². The van der Waals surface area contributed by atoms with Crippen molar-refractivity contribution in [1.29, 1.82) is 0 Å². The minimum Gasteiger partial charge on any atom is -0.435 e. The van der Waals surface area contributed by atoms with Crippen LogP contribution in [0.2, 0.25) is 0 Å². The van der Waals surface area contributed by atoms with Crippen LogP contribution in [-0.4, -0.2) is 149 Å². The minimum absolute atomic E-state index is 0.0106. The van der Waals surface area contributed by atoms with Crippen molar-refractivity contribution in [3.05, 3.63) is 0 Å². The maximum Gasteiger partial charge on any atom is 0.295 e. The summed E-state index contributed by atoms with van der Waals surface area (Å²) < 4.78 is 47.5. The zero-order valence-electron chi connectivity index (χ0n) is 23.1. The molecule has 3 rings (SSSR count). The predicted octanol–water partition coefficient (Wildman–Crippen LogP) is -4.02. The summed E-state index contributed by atoms with van der Waals surface area (Å²) >= 11 is 0. The predicted molar refractivity (Wildman–Crippen MR) is 128 cm³/mol. The average molecular weight is 615 g/mol. The van der Waals surface area contributed by atoms with Crippen LogP contribution in [0.4, 0.5) is 0 Å². The molecule has 3 heterocycles. The molecule has 0 aromatic rings. The van der Waals surface area contributed by atoms with Gasteiger partial charge in [-0.2, -0.15) is 0 Å². The van der Waals surface area contributed by atoms with Crippen molar-refractivity contribution in [2.75, 3.05) is 0 Å². The maximum atomic E-state index is 11.2. The first-order valence-corrected chi connectivity index (χ1v) is 13.1. The zero-order chi connectivity index (χ0) is 31.3. The van der Waals surface area contributed by atoms with Crippen LogP contribution in [0.3, 0.4) is 0 Å². The standard InChI is InChI=1S/C24H38O18/c1-8(2)16-10(28)11(29)18(22(38-16)34-5-25)39-21-15(33)13(31)19(24(42-21)36-7-27)40-20-14(32)12(30)17(37-9(3)4)23(41-20)35-6-26/h5-24,28-33H,1-4H3/t10?,11-,12-,13-,14?,15?,16+,17+,18+,19+,20-,21-,22?,23?,24?/m1/s1. The number of carbonyl (C=O) groups excluding carboxylic acids is 3. The summed E-state index contributed by atoms with van der Waals surface area (Å²) in [6.45, 7) is 6.54. The van der Waals surface area contributed by atoms with E-state index in [1.54, 1.807) is 27.7 Å². The second-order valence-electron chi connectivity index (χ2n) is 10.5. The third kappa shape index (κ3) is 7.52. The maximum absolute atomic E-state index is 11.2. The lowest BCUT2D eigenvalue weighted by molar-refractivity contribution is -0.409. The molecule has 0 bridgehead atoms. The van der Waals surface area contributed by atoms with Gasteiger partial charge >= 0.3 is 0 Å². The van der Waals surface area contributed by atoms with E-state index in [0.717, 1.165) is 0 Å². The fourth-order valence-corrected chi connectivity index (χ4v) is 4.80. The van der Waals surface area contributed by atoms with Crippen molar-refractivity contribution in [2.45, 2.75) is 126 Å². The van der Waals surface area contributed by atoms with Gasteiger partial charge in [0.25, 0.3) is 19.4 Å². The van der Waals surface area contributed by atoms with E-state index < -0.39 is 98.6 Å². The third-order valence-electron chi connectivity index (χ3n) is 6.82. The van der Waals surface area contributed by atoms with Gasteiger partial charge in [-0.25, -0.2) is 0 Å². The van der Waals surface area contributed by atoms with Crippen molar-refractivity contribution >= 4 is 19.4 Å². The largest absolute Gasteiger partial charge is 0.435 e. The zero-order valence-corrected chi connectivity index (χ0v) is 23.1. The number of ether oxygens (including phenoxy) is 9. The van der Waals surface area contributed by atoms with Gasteiger partial charge in [-0.1, -0.05) is 13.8 Å². The first-order valence-electron chi connectivity index (χ1n) is 13.1. The molecule has 3 aliphatic rings. The Kier molecular flexibility index (Phi) is 12.4. The Morgan fingerprint density at radius 1 is 0.524 bits per heavy atom. The van der Waals surface area contributed by atoms with Crippen LogP contribution in [0.5, 0.6) is 0 Å². The van der Waals surface area contributed by atoms with E-state index >= 15 is 0 Å². The van der Waals surface area contributed by atoms with Gasteiger partial charge < -0.3 is 73.3 Å². The number of aliphatic hydroxyl groups is 6. The van der Waals surface area contributed by atoms with Crippen LogP contribution in [0.15, 0.2) is 0 Å². The van der Waals surface area contributed by atoms with Gasteiger partial charge in [-0.05, 0) is 19.8 Å². The van der Waals surface area contributed by atoms with Crippen molar-refractivity contribution in [3.63, 3.8) is 0 Å². The number of aliphatic hydroxyl groups excluding tert-OH is 6. The van der Waals surface area contributed by atoms with Crippen LogP contribution < -0.4 is 0 Å². The molecule has 3 fully saturated rings. The van der Waals surface area contributed by atoms with Gasteiger partial charge in [0.1, 0.15) is 42.7 Å². The molecule has 15 atom stereocenters. The molecule has 18 nitrogen and oxygen atoms in total. The molecule has 0 aromatic heterocycles. The second kappa shape index (κ2) is 15.1. The highest BCUT2D eigenvalue weighted by Crippen LogP contribution is 2.34. The summed E-state index contributed by atoms with van der Waals surface area (Å²) in [6, 6.07) is 0. The van der Waals surface area contributed by atoms with Crippen LogP contribution in [0, 0.1) is 5.92 Å². The summed E-state index contributed by atoms with van der Waals surface area (Å²) in [5.74, 6) is -0.324. The fourth-order valence-electron chi connectivity index (χ4n) is 4.80. The lowest BCUT2D eigenvalue weighted by Crippen LogP contribution is -2.66. The van der Waals surface area contributed by atoms with Crippen LogP contribution in [0.25, 0.3) is 0 Å². The van der Waals surface area contributed by atoms with E-state index in [-0.39, 0.29) is 25.3 Å². The van der Waals surface area contributed by atoms with E-state index in [1.807, 2.05) is 0 Å². The molecule has 0 aromatic carbocycles. The van der Waals surface area contributed by atoms with E-state index in [9.17, 15) is 45.0 Å². The number of hydrogen-bond donors (Lipinski definition) is 6. The van der Waals surface area contributed by atoms with Crippen molar-refractivity contribution in [2.24, 2.45) is 5.92 Å². The van der Waals surface area contributed by atoms with E-state index in [0.29, 0.717) is 0 Å². The smallest absolute Gasteiger partial charge is 0.295 e. The Labute approximate surface area is 239 Å². The van der Waals surface area contributed by atoms with Crippen LogP contribution in [0.1, 0.15) is 27.7 Å². The Morgan fingerprint density at radius 2 is 0.905 bits per heavy atom. The molecular formula is C24H38O18. The monoisotopic (exact) mass is 614 g/mol. The van der Waals surface area contributed by atoms with Crippen molar-refractivity contribution in [3.8, 4) is 0 Å². The second-order valence-corrected chi connectivity index (χ2v) is 10.5. The van der Waals surface area contributed by atoms with Gasteiger partial charge in [0.2, 0.25) is 18.9 Å². The number of rotatable bonds is 13. The summed E-state index contributed by atoms with van der Waals surface area (Å²) in [7, 11) is 0. The lowest BCUT2D eigenvalue weighted by Gasteiger charge is -2.47. The topological polar surface area (TPSA) is 256 Å². The first kappa shape index (κ1) is 34.4. The van der Waals surface area contributed by atoms with E-state index in [4.69, 9.17) is 42.6 Å². The van der Waals surface area contributed by atoms with Gasteiger partial charge in [-0.3, -0.25) is 14.4 Å². The highest BCUT2D eigenvalue weighted by atomic mass is 16.8. The molecule has 242 valence electrons. The van der Waals surface area contributed by atoms with Gasteiger partial charge in [-0.15, -0.1) is 0 Å². The molecule has 42 heavy (non-hydrogen) atoms. The molecule has 0 saturated carbocycles. The molecular weight excluding hydrogens is 576 g/mol. The van der Waals surface area contributed by atoms with Gasteiger partial charge in [0.05, 0.1) is 12.2 Å². The van der Waals surface area contributed by atoms with E-state index in [2.05, 4.69) is 0 Å². The Morgan fingerprint density at radius 3 is 1.31 bits per heavy atom. The molecule has 0 amide bonds. The van der Waals surface area contributed by atoms with Crippen LogP contribution in [-0.2, 0) is 57.0 Å². The Bertz CT molecular complexity index is 874. The molecule has 0 radical (unpaired) electrons. The summed E-state index contributed by atoms with van der Waals surface area (Å²) in [5.41, 5.74) is 0. The third-order valence-corrected chi connectivity index (χ3v) is 6.82. The van der Waals surface area contributed by atoms with Crippen molar-refractivity contribution < 1.29 is 87.7 Å². The van der Waals surface area contributed by atoms with Crippen molar-refractivity contribution in [1.82, 2.24) is 0 Å². The lowest BCUT2D eigenvalue weighted by atomic mass is 9.91. The highest BCUT2D eigenvalue weighted by molar-refractivity contribution is 5.38. The minimum atomic E-state index is -2.02. The summed E-state index contributed by atoms with van der Waals surface area (Å²) in [4.78, 5) is 33.3. The van der Waals surface area contributed by atoms with Gasteiger partial charge in [0, 0.05) is 0 Å². The average Bonchev–Trinajstić information content (AvgIpc) is 2.93. The first-order chi connectivity index (χ1) is 19.9. The molecule has 3 aliphatic heterocycles. The molecule has 3 saturated heterocycles. The molecule has 18 heteroatoms. The fraction of sp³-hybridized carbons (Fsp3) is 0.875. The normalized spacial score (nSPS) is 44.4. The molecule has 0 spiro atoms. The Balaban J connectivity index is 1.78. The quantitative estimate of drug-likeness (QED) is 0.0853. The number of hydrogen-bond acceptors (Lipinski definition) is 18. The molecule has 6 N–H and O–H groups in total. The Hall–Kier alpha value is -2.07. The summed E-state index contributed by atoms with van der Waals surface area (Å²) in [6.07, 6.45) is -25.9. The SMILES string of the molecule is CC(C)O[C@@H]1C(OC=O)O[C@@H](O[C@@H]2C(OC=O)O[C@@H](O[C@@H]3C(OC=O)O[C@@H](C(C)C)C(O)[C@H]3O)C(O)[C@H]2O)C(O)[C@H]1O. The highest BCUT2D eigenvalue weighted by Gasteiger charge is 2.55. The van der Waals surface area contributed by atoms with Gasteiger partial charge in [0.15, 0.2) is 24.8 Å². The number of carbonyl (C=O) groups is 3. The molecule has 0 aliphatic carbocycles.